The second-order valence-corrected chi connectivity index (χ2v) is 16.1. The summed E-state index contributed by atoms with van der Waals surface area (Å²) in [6, 6.07) is -7.02. The Labute approximate surface area is 342 Å². The Morgan fingerprint density at radius 1 is 0.508 bits per heavy atom. The molecule has 21 nitrogen and oxygen atoms in total. The Balaban J connectivity index is 1.16. The number of amides is 9. The molecule has 0 aromatic carbocycles. The lowest BCUT2D eigenvalue weighted by Gasteiger charge is -2.36. The Hall–Kier alpha value is -5.34. The zero-order valence-electron chi connectivity index (χ0n) is 34.0. The highest BCUT2D eigenvalue weighted by molar-refractivity contribution is 5.98. The summed E-state index contributed by atoms with van der Waals surface area (Å²) in [6.45, 7) is 4.78. The van der Waals surface area contributed by atoms with E-state index in [0.29, 0.717) is 83.8 Å². The Bertz CT molecular complexity index is 1690. The van der Waals surface area contributed by atoms with Crippen molar-refractivity contribution < 1.29 is 53.1 Å². The minimum Gasteiger partial charge on any atom is -0.480 e. The van der Waals surface area contributed by atoms with Crippen LogP contribution in [0.25, 0.3) is 0 Å². The van der Waals surface area contributed by atoms with E-state index in [1.54, 1.807) is 0 Å². The molecule has 326 valence electrons. The Morgan fingerprint density at radius 2 is 0.864 bits per heavy atom. The maximum Gasteiger partial charge on any atom is 0.322 e. The number of carboxylic acid groups (broad SMARTS) is 1. The van der Waals surface area contributed by atoms with Crippen molar-refractivity contribution in [3.05, 3.63) is 0 Å². The molecule has 9 amide bonds. The number of likely N-dealkylation sites (tertiary alicyclic amines) is 5. The topological polar surface area (TPSA) is 281 Å². The normalized spacial score (nSPS) is 25.6. The molecule has 5 saturated heterocycles. The van der Waals surface area contributed by atoms with E-state index in [1.807, 2.05) is 0 Å². The van der Waals surface area contributed by atoms with Crippen LogP contribution in [0, 0.1) is 0 Å². The minimum atomic E-state index is -1.20. The molecule has 0 saturated carbocycles. The molecule has 5 rings (SSSR count). The molecule has 0 bridgehead atoms. The summed E-state index contributed by atoms with van der Waals surface area (Å²) in [4.78, 5) is 138. The van der Waals surface area contributed by atoms with Crippen LogP contribution < -0.4 is 27.0 Å². The van der Waals surface area contributed by atoms with Crippen LogP contribution in [0.2, 0.25) is 0 Å². The lowest BCUT2D eigenvalue weighted by molar-refractivity contribution is -0.153. The number of hydrogen-bond donors (Lipinski definition) is 6. The SMILES string of the molecule is C[C@H](N)C(=O)N[C@@H](C)C(=O)N[C@@H](C)C(=O)NCC(=O)N1CCC[C@H]1C(=O)N1CCC[C@H]1C(=O)N1CCC[C@H]1C(=O)N1CCC[C@H]1C(=O)N1CCC[C@H]1C(=O)NCC(=O)O. The first kappa shape index (κ1) is 44.8. The molecule has 5 fully saturated rings. The number of rotatable bonds is 14. The molecule has 0 spiro atoms. The third-order valence-corrected chi connectivity index (χ3v) is 11.9. The maximum atomic E-state index is 14.2. The summed E-state index contributed by atoms with van der Waals surface area (Å²) in [5.41, 5.74) is 5.52. The van der Waals surface area contributed by atoms with Gasteiger partial charge in [-0.1, -0.05) is 0 Å². The van der Waals surface area contributed by atoms with Crippen LogP contribution in [0.3, 0.4) is 0 Å². The molecule has 5 heterocycles. The van der Waals surface area contributed by atoms with E-state index in [4.69, 9.17) is 10.8 Å². The number of hydrogen-bond acceptors (Lipinski definition) is 11. The van der Waals surface area contributed by atoms with Gasteiger partial charge in [0, 0.05) is 32.7 Å². The fourth-order valence-corrected chi connectivity index (χ4v) is 8.76. The molecule has 7 N–H and O–H groups in total. The number of carbonyl (C=O) groups is 10. The van der Waals surface area contributed by atoms with Crippen molar-refractivity contribution in [2.45, 2.75) is 133 Å². The van der Waals surface area contributed by atoms with E-state index >= 15 is 0 Å². The summed E-state index contributed by atoms with van der Waals surface area (Å²) in [6.07, 6.45) is 4.63. The third-order valence-electron chi connectivity index (χ3n) is 11.9. The minimum absolute atomic E-state index is 0.268. The van der Waals surface area contributed by atoms with E-state index in [9.17, 15) is 47.9 Å². The van der Waals surface area contributed by atoms with Crippen LogP contribution in [-0.2, 0) is 47.9 Å². The molecule has 0 aromatic heterocycles. The van der Waals surface area contributed by atoms with Gasteiger partial charge in [-0.25, -0.2) is 0 Å². The number of carboxylic acids is 1. The van der Waals surface area contributed by atoms with Gasteiger partial charge in [-0.05, 0) is 85.0 Å². The molecular formula is C38H58N10O11. The number of carbonyl (C=O) groups excluding carboxylic acids is 9. The predicted octanol–water partition coefficient (Wildman–Crippen LogP) is -3.38. The third kappa shape index (κ3) is 10.3. The van der Waals surface area contributed by atoms with Crippen molar-refractivity contribution in [2.75, 3.05) is 45.8 Å². The number of aliphatic carboxylic acids is 1. The monoisotopic (exact) mass is 830 g/mol. The summed E-state index contributed by atoms with van der Waals surface area (Å²) in [5.74, 6) is -5.56. The lowest BCUT2D eigenvalue weighted by atomic mass is 10.1. The summed E-state index contributed by atoms with van der Waals surface area (Å²) in [5, 5.41) is 18.7. The fraction of sp³-hybridized carbons (Fsp3) is 0.737. The van der Waals surface area contributed by atoms with E-state index in [0.717, 1.165) is 0 Å². The first-order chi connectivity index (χ1) is 28.0. The summed E-state index contributed by atoms with van der Waals surface area (Å²) >= 11 is 0. The van der Waals surface area contributed by atoms with Gasteiger partial charge in [-0.2, -0.15) is 0 Å². The van der Waals surface area contributed by atoms with Crippen LogP contribution in [0.4, 0.5) is 0 Å². The van der Waals surface area contributed by atoms with Crippen molar-refractivity contribution in [3.63, 3.8) is 0 Å². The quantitative estimate of drug-likeness (QED) is 0.100. The molecule has 0 radical (unpaired) electrons. The molecule has 5 aliphatic rings. The highest BCUT2D eigenvalue weighted by atomic mass is 16.4. The maximum absolute atomic E-state index is 14.2. The molecule has 5 aliphatic heterocycles. The second-order valence-electron chi connectivity index (χ2n) is 16.1. The van der Waals surface area contributed by atoms with E-state index in [1.165, 1.54) is 45.3 Å². The molecule has 0 unspecified atom stereocenters. The average Bonchev–Trinajstić information content (AvgIpc) is 4.06. The summed E-state index contributed by atoms with van der Waals surface area (Å²) in [7, 11) is 0. The lowest BCUT2D eigenvalue weighted by Crippen LogP contribution is -2.58. The van der Waals surface area contributed by atoms with Crippen molar-refractivity contribution in [2.24, 2.45) is 5.73 Å². The number of nitrogens with one attached hydrogen (secondary N) is 4. The Morgan fingerprint density at radius 3 is 1.29 bits per heavy atom. The highest BCUT2D eigenvalue weighted by Gasteiger charge is 2.49. The van der Waals surface area contributed by atoms with E-state index in [-0.39, 0.29) is 36.7 Å². The van der Waals surface area contributed by atoms with Crippen LogP contribution in [0.15, 0.2) is 0 Å². The van der Waals surface area contributed by atoms with Crippen LogP contribution in [0.1, 0.15) is 85.0 Å². The predicted molar refractivity (Wildman–Crippen MR) is 206 cm³/mol. The zero-order chi connectivity index (χ0) is 43.1. The van der Waals surface area contributed by atoms with Crippen LogP contribution in [0.5, 0.6) is 0 Å². The Kier molecular flexibility index (Phi) is 14.9. The van der Waals surface area contributed by atoms with Crippen molar-refractivity contribution in [1.82, 2.24) is 45.8 Å². The number of nitrogens with two attached hydrogens (primary N) is 1. The molecular weight excluding hydrogens is 772 g/mol. The largest absolute Gasteiger partial charge is 0.480 e. The van der Waals surface area contributed by atoms with Gasteiger partial charge in [0.2, 0.25) is 53.2 Å². The second kappa shape index (κ2) is 19.6. The standard InChI is InChI=1S/C38H58N10O11/c1-21(39)31(52)42-23(3)33(54)43-22(2)32(53)40-19-29(49)44-14-5-10-25(44)35(56)46-16-7-12-27(46)37(58)48-18-8-13-28(48)38(59)47-17-6-11-26(47)36(57)45-15-4-9-24(45)34(55)41-20-30(50)51/h21-28H,4-20,39H2,1-3H3,(H,40,53)(H,41,55)(H,42,52)(H,43,54)(H,50,51)/t21-,22-,23-,24-,25-,26-,27-,28-/m0/s1. The molecule has 8 atom stereocenters. The first-order valence-electron chi connectivity index (χ1n) is 20.7. The van der Waals surface area contributed by atoms with Gasteiger partial charge >= 0.3 is 5.97 Å². The first-order valence-corrected chi connectivity index (χ1v) is 20.7. The van der Waals surface area contributed by atoms with Crippen LogP contribution >= 0.6 is 0 Å². The molecule has 59 heavy (non-hydrogen) atoms. The van der Waals surface area contributed by atoms with Crippen molar-refractivity contribution in [1.29, 1.82) is 0 Å². The fourth-order valence-electron chi connectivity index (χ4n) is 8.76. The molecule has 21 heteroatoms. The summed E-state index contributed by atoms with van der Waals surface area (Å²) < 4.78 is 0. The van der Waals surface area contributed by atoms with E-state index in [2.05, 4.69) is 21.3 Å². The molecule has 0 aliphatic carbocycles. The van der Waals surface area contributed by atoms with Gasteiger partial charge in [0.05, 0.1) is 12.6 Å². The van der Waals surface area contributed by atoms with E-state index < -0.39 is 96.9 Å². The van der Waals surface area contributed by atoms with Gasteiger partial charge < -0.3 is 56.6 Å². The smallest absolute Gasteiger partial charge is 0.322 e. The van der Waals surface area contributed by atoms with Crippen molar-refractivity contribution in [3.8, 4) is 0 Å². The van der Waals surface area contributed by atoms with Crippen molar-refractivity contribution >= 4 is 59.1 Å². The van der Waals surface area contributed by atoms with Gasteiger partial charge in [-0.3, -0.25) is 47.9 Å². The molecule has 0 aromatic rings. The van der Waals surface area contributed by atoms with Gasteiger partial charge in [-0.15, -0.1) is 0 Å². The zero-order valence-corrected chi connectivity index (χ0v) is 34.0. The van der Waals surface area contributed by atoms with Gasteiger partial charge in [0.25, 0.3) is 0 Å². The van der Waals surface area contributed by atoms with Gasteiger partial charge in [0.1, 0.15) is 48.8 Å². The highest BCUT2D eigenvalue weighted by Crippen LogP contribution is 2.31. The number of nitrogens with zero attached hydrogens (tertiary/aromatic N) is 5. The van der Waals surface area contributed by atoms with Crippen LogP contribution in [-0.4, -0.2) is 183 Å². The average molecular weight is 831 g/mol. The van der Waals surface area contributed by atoms with Gasteiger partial charge in [0.15, 0.2) is 0 Å².